The standard InChI is InChI=1S/C16H17NO/c1-18-15-9-5-8-14-13(10-11-17-16(14)15)12-6-3-2-4-7-12/h2-9,13,17H,10-11H2,1H3. The third kappa shape index (κ3) is 1.84. The summed E-state index contributed by atoms with van der Waals surface area (Å²) in [6, 6.07) is 17.0. The molecule has 1 aliphatic rings. The lowest BCUT2D eigenvalue weighted by Gasteiger charge is -2.28. The highest BCUT2D eigenvalue weighted by atomic mass is 16.5. The van der Waals surface area contributed by atoms with Crippen LogP contribution in [0.2, 0.25) is 0 Å². The van der Waals surface area contributed by atoms with Crippen LogP contribution in [0.1, 0.15) is 23.5 Å². The number of para-hydroxylation sites is 1. The van der Waals surface area contributed by atoms with Crippen molar-refractivity contribution in [1.82, 2.24) is 0 Å². The third-order valence-electron chi connectivity index (χ3n) is 3.59. The Morgan fingerprint density at radius 2 is 1.89 bits per heavy atom. The van der Waals surface area contributed by atoms with E-state index in [-0.39, 0.29) is 0 Å². The number of hydrogen-bond acceptors (Lipinski definition) is 2. The number of methoxy groups -OCH3 is 1. The normalized spacial score (nSPS) is 17.7. The monoisotopic (exact) mass is 239 g/mol. The number of hydrogen-bond donors (Lipinski definition) is 1. The minimum absolute atomic E-state index is 0.470. The van der Waals surface area contributed by atoms with Crippen LogP contribution in [0.4, 0.5) is 5.69 Å². The predicted octanol–water partition coefficient (Wildman–Crippen LogP) is 3.64. The van der Waals surface area contributed by atoms with E-state index in [0.29, 0.717) is 5.92 Å². The molecule has 3 rings (SSSR count). The fourth-order valence-electron chi connectivity index (χ4n) is 2.73. The van der Waals surface area contributed by atoms with Gasteiger partial charge in [-0.1, -0.05) is 42.5 Å². The van der Waals surface area contributed by atoms with E-state index in [0.717, 1.165) is 24.4 Å². The number of benzene rings is 2. The Kier molecular flexibility index (Phi) is 2.93. The van der Waals surface area contributed by atoms with Crippen molar-refractivity contribution in [1.29, 1.82) is 0 Å². The first-order valence-corrected chi connectivity index (χ1v) is 6.36. The zero-order chi connectivity index (χ0) is 12.4. The molecule has 0 spiro atoms. The van der Waals surface area contributed by atoms with Gasteiger partial charge >= 0.3 is 0 Å². The molecule has 1 aliphatic heterocycles. The van der Waals surface area contributed by atoms with Crippen molar-refractivity contribution >= 4 is 5.69 Å². The minimum atomic E-state index is 0.470. The van der Waals surface area contributed by atoms with Gasteiger partial charge in [0.2, 0.25) is 0 Å². The summed E-state index contributed by atoms with van der Waals surface area (Å²) in [6.07, 6.45) is 1.13. The van der Waals surface area contributed by atoms with Crippen LogP contribution in [0.25, 0.3) is 0 Å². The van der Waals surface area contributed by atoms with Gasteiger partial charge in [-0.05, 0) is 23.6 Å². The molecule has 1 atom stereocenters. The van der Waals surface area contributed by atoms with Crippen LogP contribution < -0.4 is 10.1 Å². The van der Waals surface area contributed by atoms with Gasteiger partial charge in [0, 0.05) is 12.5 Å². The van der Waals surface area contributed by atoms with Crippen molar-refractivity contribution < 1.29 is 4.74 Å². The van der Waals surface area contributed by atoms with E-state index in [1.165, 1.54) is 11.1 Å². The average Bonchev–Trinajstić information content (AvgIpc) is 2.47. The SMILES string of the molecule is COc1cccc2c1NCCC2c1ccccc1. The lowest BCUT2D eigenvalue weighted by atomic mass is 9.85. The van der Waals surface area contributed by atoms with Gasteiger partial charge in [-0.25, -0.2) is 0 Å². The van der Waals surface area contributed by atoms with E-state index in [1.54, 1.807) is 7.11 Å². The van der Waals surface area contributed by atoms with E-state index < -0.39 is 0 Å². The second-order valence-electron chi connectivity index (χ2n) is 4.60. The number of anilines is 1. The first-order chi connectivity index (χ1) is 8.90. The van der Waals surface area contributed by atoms with Gasteiger partial charge in [0.15, 0.2) is 0 Å². The van der Waals surface area contributed by atoms with E-state index in [9.17, 15) is 0 Å². The van der Waals surface area contributed by atoms with Crippen molar-refractivity contribution in [3.8, 4) is 5.75 Å². The summed E-state index contributed by atoms with van der Waals surface area (Å²) in [7, 11) is 1.73. The van der Waals surface area contributed by atoms with Gasteiger partial charge in [-0.2, -0.15) is 0 Å². The highest BCUT2D eigenvalue weighted by Gasteiger charge is 2.23. The molecule has 1 unspecified atom stereocenters. The Labute approximate surface area is 108 Å². The van der Waals surface area contributed by atoms with Crippen molar-refractivity contribution in [2.45, 2.75) is 12.3 Å². The molecule has 0 fully saturated rings. The van der Waals surface area contributed by atoms with Crippen LogP contribution >= 0.6 is 0 Å². The second kappa shape index (κ2) is 4.73. The first kappa shape index (κ1) is 11.1. The van der Waals surface area contributed by atoms with E-state index >= 15 is 0 Å². The summed E-state index contributed by atoms with van der Waals surface area (Å²) >= 11 is 0. The molecule has 0 amide bonds. The van der Waals surface area contributed by atoms with Crippen LogP contribution in [-0.2, 0) is 0 Å². The van der Waals surface area contributed by atoms with Gasteiger partial charge in [0.25, 0.3) is 0 Å². The molecule has 2 nitrogen and oxygen atoms in total. The summed E-state index contributed by atoms with van der Waals surface area (Å²) < 4.78 is 5.43. The molecular formula is C16H17NO. The number of ether oxygens (including phenoxy) is 1. The molecule has 0 saturated carbocycles. The van der Waals surface area contributed by atoms with Crippen LogP contribution in [0.3, 0.4) is 0 Å². The highest BCUT2D eigenvalue weighted by Crippen LogP contribution is 2.40. The van der Waals surface area contributed by atoms with E-state index in [4.69, 9.17) is 4.74 Å². The van der Waals surface area contributed by atoms with Crippen molar-refractivity contribution in [3.63, 3.8) is 0 Å². The Balaban J connectivity index is 2.07. The molecule has 1 heterocycles. The minimum Gasteiger partial charge on any atom is -0.495 e. The second-order valence-corrected chi connectivity index (χ2v) is 4.60. The molecule has 2 aromatic carbocycles. The number of fused-ring (bicyclic) bond motifs is 1. The average molecular weight is 239 g/mol. The smallest absolute Gasteiger partial charge is 0.142 e. The molecule has 0 radical (unpaired) electrons. The first-order valence-electron chi connectivity index (χ1n) is 6.36. The Morgan fingerprint density at radius 1 is 1.06 bits per heavy atom. The molecule has 18 heavy (non-hydrogen) atoms. The van der Waals surface area contributed by atoms with Crippen LogP contribution in [0.5, 0.6) is 5.75 Å². The fraction of sp³-hybridized carbons (Fsp3) is 0.250. The zero-order valence-corrected chi connectivity index (χ0v) is 10.5. The number of nitrogens with one attached hydrogen (secondary N) is 1. The lowest BCUT2D eigenvalue weighted by molar-refractivity contribution is 0.415. The Bertz CT molecular complexity index is 536. The molecule has 0 aromatic heterocycles. The van der Waals surface area contributed by atoms with Crippen molar-refractivity contribution in [2.75, 3.05) is 19.0 Å². The fourth-order valence-corrected chi connectivity index (χ4v) is 2.73. The van der Waals surface area contributed by atoms with Gasteiger partial charge in [0.1, 0.15) is 5.75 Å². The van der Waals surface area contributed by atoms with Crippen LogP contribution in [0, 0.1) is 0 Å². The summed E-state index contributed by atoms with van der Waals surface area (Å²) in [5, 5.41) is 3.46. The molecule has 1 N–H and O–H groups in total. The maximum atomic E-state index is 5.43. The molecule has 0 saturated heterocycles. The van der Waals surface area contributed by atoms with Crippen molar-refractivity contribution in [3.05, 3.63) is 59.7 Å². The van der Waals surface area contributed by atoms with Crippen molar-refractivity contribution in [2.24, 2.45) is 0 Å². The van der Waals surface area contributed by atoms with Gasteiger partial charge in [0.05, 0.1) is 12.8 Å². The maximum Gasteiger partial charge on any atom is 0.142 e. The summed E-state index contributed by atoms with van der Waals surface area (Å²) in [4.78, 5) is 0. The third-order valence-corrected chi connectivity index (χ3v) is 3.59. The number of rotatable bonds is 2. The molecular weight excluding hydrogens is 222 g/mol. The molecule has 2 heteroatoms. The molecule has 2 aromatic rings. The van der Waals surface area contributed by atoms with Gasteiger partial charge < -0.3 is 10.1 Å². The van der Waals surface area contributed by atoms with Crippen LogP contribution in [0.15, 0.2) is 48.5 Å². The summed E-state index contributed by atoms with van der Waals surface area (Å²) in [5.74, 6) is 1.41. The largest absolute Gasteiger partial charge is 0.495 e. The lowest BCUT2D eigenvalue weighted by Crippen LogP contribution is -2.18. The zero-order valence-electron chi connectivity index (χ0n) is 10.5. The van der Waals surface area contributed by atoms with E-state index in [1.807, 2.05) is 6.07 Å². The quantitative estimate of drug-likeness (QED) is 0.863. The molecule has 0 aliphatic carbocycles. The summed E-state index contributed by atoms with van der Waals surface area (Å²) in [6.45, 7) is 0.993. The van der Waals surface area contributed by atoms with E-state index in [2.05, 4.69) is 47.8 Å². The Hall–Kier alpha value is -1.96. The molecule has 92 valence electrons. The van der Waals surface area contributed by atoms with Gasteiger partial charge in [-0.3, -0.25) is 0 Å². The van der Waals surface area contributed by atoms with Gasteiger partial charge in [-0.15, -0.1) is 0 Å². The van der Waals surface area contributed by atoms with Crippen LogP contribution in [-0.4, -0.2) is 13.7 Å². The maximum absolute atomic E-state index is 5.43. The topological polar surface area (TPSA) is 21.3 Å². The predicted molar refractivity (Wildman–Crippen MR) is 74.4 cm³/mol. The highest BCUT2D eigenvalue weighted by molar-refractivity contribution is 5.66. The molecule has 0 bridgehead atoms. The summed E-state index contributed by atoms with van der Waals surface area (Å²) in [5.41, 5.74) is 3.88. The Morgan fingerprint density at radius 3 is 2.67 bits per heavy atom.